The van der Waals surface area contributed by atoms with E-state index in [2.05, 4.69) is 5.32 Å². The molecule has 1 aromatic rings. The maximum absolute atomic E-state index is 13.1. The third kappa shape index (κ3) is 3.30. The molecule has 0 bridgehead atoms. The van der Waals surface area contributed by atoms with E-state index in [9.17, 15) is 24.2 Å². The molecule has 21 heavy (non-hydrogen) atoms. The van der Waals surface area contributed by atoms with Crippen LogP contribution in [-0.4, -0.2) is 41.8 Å². The SMILES string of the molecule is O=C(NCC1(C(=O)O)CCOCC1)c1cc(F)ccc1O. The van der Waals surface area contributed by atoms with Crippen LogP contribution in [0.3, 0.4) is 0 Å². The third-order valence-electron chi connectivity index (χ3n) is 3.69. The van der Waals surface area contributed by atoms with Crippen LogP contribution in [0.1, 0.15) is 23.2 Å². The van der Waals surface area contributed by atoms with E-state index in [0.29, 0.717) is 13.2 Å². The maximum atomic E-state index is 13.1. The summed E-state index contributed by atoms with van der Waals surface area (Å²) < 4.78 is 18.2. The number of aliphatic carboxylic acids is 1. The summed E-state index contributed by atoms with van der Waals surface area (Å²) in [6.45, 7) is 0.529. The normalized spacial score (nSPS) is 17.2. The molecule has 2 rings (SSSR count). The molecule has 1 fully saturated rings. The molecule has 1 aliphatic rings. The number of halogens is 1. The Morgan fingerprint density at radius 3 is 2.62 bits per heavy atom. The number of phenols is 1. The summed E-state index contributed by atoms with van der Waals surface area (Å²) in [4.78, 5) is 23.4. The molecule has 6 nitrogen and oxygen atoms in total. The summed E-state index contributed by atoms with van der Waals surface area (Å²) in [5.41, 5.74) is -1.31. The molecule has 0 radical (unpaired) electrons. The highest BCUT2D eigenvalue weighted by molar-refractivity contribution is 5.97. The lowest BCUT2D eigenvalue weighted by Gasteiger charge is -2.33. The number of carboxylic acid groups (broad SMARTS) is 1. The quantitative estimate of drug-likeness (QED) is 0.774. The lowest BCUT2D eigenvalue weighted by atomic mass is 9.80. The van der Waals surface area contributed by atoms with Crippen molar-refractivity contribution in [2.24, 2.45) is 5.41 Å². The van der Waals surface area contributed by atoms with Crippen molar-refractivity contribution in [1.29, 1.82) is 0 Å². The average Bonchev–Trinajstić information content (AvgIpc) is 2.48. The van der Waals surface area contributed by atoms with E-state index in [0.717, 1.165) is 18.2 Å². The molecule has 1 aliphatic heterocycles. The zero-order chi connectivity index (χ0) is 15.5. The van der Waals surface area contributed by atoms with Crippen molar-refractivity contribution in [3.8, 4) is 5.75 Å². The van der Waals surface area contributed by atoms with Crippen LogP contribution in [0.5, 0.6) is 5.75 Å². The Balaban J connectivity index is 2.08. The lowest BCUT2D eigenvalue weighted by molar-refractivity contribution is -0.154. The van der Waals surface area contributed by atoms with Crippen LogP contribution < -0.4 is 5.32 Å². The fraction of sp³-hybridized carbons (Fsp3) is 0.429. The summed E-state index contributed by atoms with van der Waals surface area (Å²) in [6.07, 6.45) is 0.579. The number of carbonyl (C=O) groups excluding carboxylic acids is 1. The fourth-order valence-corrected chi connectivity index (χ4v) is 2.26. The van der Waals surface area contributed by atoms with Gasteiger partial charge in [0.1, 0.15) is 11.6 Å². The smallest absolute Gasteiger partial charge is 0.311 e. The molecule has 0 saturated carbocycles. The molecule has 0 aromatic heterocycles. The summed E-state index contributed by atoms with van der Waals surface area (Å²) in [5.74, 6) is -2.73. The molecule has 1 amide bonds. The lowest BCUT2D eigenvalue weighted by Crippen LogP contribution is -2.46. The van der Waals surface area contributed by atoms with Crippen molar-refractivity contribution >= 4 is 11.9 Å². The first kappa shape index (κ1) is 15.2. The highest BCUT2D eigenvalue weighted by Crippen LogP contribution is 2.30. The van der Waals surface area contributed by atoms with Gasteiger partial charge in [-0.05, 0) is 31.0 Å². The van der Waals surface area contributed by atoms with Crippen LogP contribution in [0.4, 0.5) is 4.39 Å². The Kier molecular flexibility index (Phi) is 4.42. The summed E-state index contributed by atoms with van der Waals surface area (Å²) in [5, 5.41) is 21.4. The van der Waals surface area contributed by atoms with Gasteiger partial charge < -0.3 is 20.3 Å². The van der Waals surface area contributed by atoms with E-state index in [1.807, 2.05) is 0 Å². The minimum Gasteiger partial charge on any atom is -0.507 e. The number of carbonyl (C=O) groups is 2. The maximum Gasteiger partial charge on any atom is 0.311 e. The molecule has 3 N–H and O–H groups in total. The monoisotopic (exact) mass is 297 g/mol. The number of benzene rings is 1. The molecule has 1 heterocycles. The zero-order valence-corrected chi connectivity index (χ0v) is 11.3. The van der Waals surface area contributed by atoms with Crippen LogP contribution >= 0.6 is 0 Å². The Hall–Kier alpha value is -2.15. The van der Waals surface area contributed by atoms with Gasteiger partial charge in [-0.25, -0.2) is 4.39 Å². The van der Waals surface area contributed by atoms with E-state index >= 15 is 0 Å². The van der Waals surface area contributed by atoms with Gasteiger partial charge in [0, 0.05) is 19.8 Å². The van der Waals surface area contributed by atoms with E-state index in [4.69, 9.17) is 4.74 Å². The van der Waals surface area contributed by atoms with Gasteiger partial charge in [0.05, 0.1) is 11.0 Å². The molecule has 0 spiro atoms. The first-order valence-electron chi connectivity index (χ1n) is 6.52. The van der Waals surface area contributed by atoms with Crippen LogP contribution in [0.2, 0.25) is 0 Å². The molecule has 1 saturated heterocycles. The van der Waals surface area contributed by atoms with Crippen molar-refractivity contribution in [2.75, 3.05) is 19.8 Å². The largest absolute Gasteiger partial charge is 0.507 e. The number of phenolic OH excluding ortho intramolecular Hbond substituents is 1. The predicted molar refractivity (Wildman–Crippen MR) is 70.5 cm³/mol. The standard InChI is InChI=1S/C14H16FNO5/c15-9-1-2-11(17)10(7-9)12(18)16-8-14(13(19)20)3-5-21-6-4-14/h1-2,7,17H,3-6,8H2,(H,16,18)(H,19,20). The van der Waals surface area contributed by atoms with Gasteiger partial charge in [0.25, 0.3) is 5.91 Å². The molecule has 1 aromatic carbocycles. The van der Waals surface area contributed by atoms with Gasteiger partial charge >= 0.3 is 5.97 Å². The molecular weight excluding hydrogens is 281 g/mol. The van der Waals surface area contributed by atoms with Gasteiger partial charge in [-0.3, -0.25) is 9.59 Å². The number of rotatable bonds is 4. The van der Waals surface area contributed by atoms with Crippen molar-refractivity contribution in [2.45, 2.75) is 12.8 Å². The number of hydrogen-bond acceptors (Lipinski definition) is 4. The summed E-state index contributed by atoms with van der Waals surface area (Å²) in [7, 11) is 0. The molecule has 0 aliphatic carbocycles. The summed E-state index contributed by atoms with van der Waals surface area (Å²) >= 11 is 0. The molecule has 0 atom stereocenters. The van der Waals surface area contributed by atoms with E-state index in [1.54, 1.807) is 0 Å². The van der Waals surface area contributed by atoms with Crippen molar-refractivity contribution < 1.29 is 28.9 Å². The topological polar surface area (TPSA) is 95.9 Å². The van der Waals surface area contributed by atoms with E-state index < -0.39 is 23.1 Å². The van der Waals surface area contributed by atoms with Gasteiger partial charge in [0.15, 0.2) is 0 Å². The minimum absolute atomic E-state index is 0.0967. The number of aromatic hydroxyl groups is 1. The van der Waals surface area contributed by atoms with Crippen LogP contribution in [0.25, 0.3) is 0 Å². The average molecular weight is 297 g/mol. The van der Waals surface area contributed by atoms with Crippen molar-refractivity contribution in [3.05, 3.63) is 29.6 Å². The predicted octanol–water partition coefficient (Wildman–Crippen LogP) is 1.14. The van der Waals surface area contributed by atoms with Crippen LogP contribution in [-0.2, 0) is 9.53 Å². The second-order valence-corrected chi connectivity index (χ2v) is 5.04. The highest BCUT2D eigenvalue weighted by Gasteiger charge is 2.40. The number of ether oxygens (including phenoxy) is 1. The first-order valence-corrected chi connectivity index (χ1v) is 6.52. The zero-order valence-electron chi connectivity index (χ0n) is 11.3. The fourth-order valence-electron chi connectivity index (χ4n) is 2.26. The van der Waals surface area contributed by atoms with Crippen molar-refractivity contribution in [3.63, 3.8) is 0 Å². The van der Waals surface area contributed by atoms with E-state index in [-0.39, 0.29) is 30.7 Å². The Bertz CT molecular complexity index is 554. The number of carboxylic acids is 1. The summed E-state index contributed by atoms with van der Waals surface area (Å²) in [6, 6.07) is 3.01. The molecular formula is C14H16FNO5. The van der Waals surface area contributed by atoms with Crippen molar-refractivity contribution in [1.82, 2.24) is 5.32 Å². The second kappa shape index (κ2) is 6.09. The van der Waals surface area contributed by atoms with E-state index in [1.165, 1.54) is 0 Å². The number of nitrogens with one attached hydrogen (secondary N) is 1. The first-order chi connectivity index (χ1) is 9.94. The Labute approximate surface area is 120 Å². The number of amides is 1. The molecule has 0 unspecified atom stereocenters. The number of hydrogen-bond donors (Lipinski definition) is 3. The van der Waals surface area contributed by atoms with Crippen LogP contribution in [0, 0.1) is 11.2 Å². The van der Waals surface area contributed by atoms with Gasteiger partial charge in [-0.15, -0.1) is 0 Å². The minimum atomic E-state index is -1.09. The van der Waals surface area contributed by atoms with Crippen LogP contribution in [0.15, 0.2) is 18.2 Å². The van der Waals surface area contributed by atoms with Gasteiger partial charge in [0.2, 0.25) is 0 Å². The molecule has 7 heteroatoms. The molecule has 114 valence electrons. The van der Waals surface area contributed by atoms with Gasteiger partial charge in [-0.2, -0.15) is 0 Å². The Morgan fingerprint density at radius 2 is 2.00 bits per heavy atom. The van der Waals surface area contributed by atoms with Gasteiger partial charge in [-0.1, -0.05) is 0 Å². The second-order valence-electron chi connectivity index (χ2n) is 5.04. The Morgan fingerprint density at radius 1 is 1.33 bits per heavy atom. The highest BCUT2D eigenvalue weighted by atomic mass is 19.1. The third-order valence-corrected chi connectivity index (χ3v) is 3.69.